The molecule has 1 aliphatic rings. The Morgan fingerprint density at radius 3 is 2.76 bits per heavy atom. The Morgan fingerprint density at radius 2 is 2.00 bits per heavy atom. The SMILES string of the molecule is CN(C)CC/N=C1/c2ccccc2COc2ccc(CC(=O)O)cc21. The Kier molecular flexibility index (Phi) is 5.14. The highest BCUT2D eigenvalue weighted by Gasteiger charge is 2.21. The molecule has 0 spiro atoms. The first-order valence-corrected chi connectivity index (χ1v) is 8.30. The highest BCUT2D eigenvalue weighted by molar-refractivity contribution is 6.15. The molecule has 0 fully saturated rings. The zero-order valence-electron chi connectivity index (χ0n) is 14.5. The summed E-state index contributed by atoms with van der Waals surface area (Å²) in [5, 5.41) is 9.09. The summed E-state index contributed by atoms with van der Waals surface area (Å²) in [4.78, 5) is 18.0. The predicted molar refractivity (Wildman–Crippen MR) is 97.6 cm³/mol. The van der Waals surface area contributed by atoms with E-state index >= 15 is 0 Å². The molecule has 2 aromatic carbocycles. The van der Waals surface area contributed by atoms with Gasteiger partial charge in [0.25, 0.3) is 0 Å². The van der Waals surface area contributed by atoms with Gasteiger partial charge in [-0.3, -0.25) is 9.79 Å². The quantitative estimate of drug-likeness (QED) is 0.910. The topological polar surface area (TPSA) is 62.1 Å². The van der Waals surface area contributed by atoms with Gasteiger partial charge in [0.1, 0.15) is 12.4 Å². The highest BCUT2D eigenvalue weighted by atomic mass is 16.5. The van der Waals surface area contributed by atoms with E-state index in [0.717, 1.165) is 40.3 Å². The first-order valence-electron chi connectivity index (χ1n) is 8.30. The molecule has 0 aliphatic carbocycles. The molecule has 0 unspecified atom stereocenters. The van der Waals surface area contributed by atoms with Gasteiger partial charge in [-0.2, -0.15) is 0 Å². The molecule has 0 aromatic heterocycles. The number of aliphatic carboxylic acids is 1. The Bertz CT molecular complexity index is 812. The van der Waals surface area contributed by atoms with Crippen molar-refractivity contribution in [1.82, 2.24) is 4.90 Å². The maximum atomic E-state index is 11.1. The van der Waals surface area contributed by atoms with Gasteiger partial charge in [0.2, 0.25) is 0 Å². The second-order valence-corrected chi connectivity index (χ2v) is 6.38. The second-order valence-electron chi connectivity index (χ2n) is 6.38. The normalized spacial score (nSPS) is 14.6. The summed E-state index contributed by atoms with van der Waals surface area (Å²) >= 11 is 0. The van der Waals surface area contributed by atoms with E-state index in [0.29, 0.717) is 13.2 Å². The fourth-order valence-electron chi connectivity index (χ4n) is 2.88. The van der Waals surface area contributed by atoms with E-state index in [2.05, 4.69) is 4.90 Å². The molecule has 5 heteroatoms. The van der Waals surface area contributed by atoms with Crippen LogP contribution in [0.2, 0.25) is 0 Å². The number of hydrogen-bond acceptors (Lipinski definition) is 4. The first kappa shape index (κ1) is 17.2. The van der Waals surface area contributed by atoms with Crippen LogP contribution in [0.1, 0.15) is 22.3 Å². The molecule has 1 N–H and O–H groups in total. The molecular formula is C20H22N2O3. The van der Waals surface area contributed by atoms with E-state index in [9.17, 15) is 4.79 Å². The van der Waals surface area contributed by atoms with E-state index in [1.165, 1.54) is 0 Å². The van der Waals surface area contributed by atoms with Crippen LogP contribution in [0.5, 0.6) is 5.75 Å². The van der Waals surface area contributed by atoms with Gasteiger partial charge in [-0.15, -0.1) is 0 Å². The van der Waals surface area contributed by atoms with Crippen molar-refractivity contribution in [3.8, 4) is 5.75 Å². The number of aliphatic imine (C=N–C) groups is 1. The molecule has 0 atom stereocenters. The molecular weight excluding hydrogens is 316 g/mol. The number of hydrogen-bond donors (Lipinski definition) is 1. The highest BCUT2D eigenvalue weighted by Crippen LogP contribution is 2.30. The van der Waals surface area contributed by atoms with Crippen molar-refractivity contribution >= 4 is 11.7 Å². The molecule has 25 heavy (non-hydrogen) atoms. The molecule has 3 rings (SSSR count). The largest absolute Gasteiger partial charge is 0.488 e. The third-order valence-electron chi connectivity index (χ3n) is 4.13. The van der Waals surface area contributed by atoms with Gasteiger partial charge in [-0.25, -0.2) is 0 Å². The number of carbonyl (C=O) groups is 1. The van der Waals surface area contributed by atoms with Crippen LogP contribution in [0.15, 0.2) is 47.5 Å². The molecule has 1 heterocycles. The van der Waals surface area contributed by atoms with Crippen molar-refractivity contribution in [2.24, 2.45) is 4.99 Å². The number of fused-ring (bicyclic) bond motifs is 2. The molecule has 0 saturated carbocycles. The number of carboxylic acid groups (broad SMARTS) is 1. The molecule has 0 bridgehead atoms. The maximum absolute atomic E-state index is 11.1. The van der Waals surface area contributed by atoms with Crippen LogP contribution in [0.4, 0.5) is 0 Å². The van der Waals surface area contributed by atoms with Crippen LogP contribution in [0.25, 0.3) is 0 Å². The third-order valence-corrected chi connectivity index (χ3v) is 4.13. The average molecular weight is 338 g/mol. The van der Waals surface area contributed by atoms with Crippen molar-refractivity contribution < 1.29 is 14.6 Å². The van der Waals surface area contributed by atoms with Crippen LogP contribution < -0.4 is 4.74 Å². The van der Waals surface area contributed by atoms with Crippen molar-refractivity contribution in [2.75, 3.05) is 27.2 Å². The Balaban J connectivity index is 2.08. The van der Waals surface area contributed by atoms with E-state index in [4.69, 9.17) is 14.8 Å². The lowest BCUT2D eigenvalue weighted by molar-refractivity contribution is -0.136. The second kappa shape index (κ2) is 7.49. The average Bonchev–Trinajstić information content (AvgIpc) is 2.72. The molecule has 0 radical (unpaired) electrons. The monoisotopic (exact) mass is 338 g/mol. The number of likely N-dealkylation sites (N-methyl/N-ethyl adjacent to an activating group) is 1. The van der Waals surface area contributed by atoms with Gasteiger partial charge in [0.15, 0.2) is 0 Å². The number of benzene rings is 2. The smallest absolute Gasteiger partial charge is 0.307 e. The maximum Gasteiger partial charge on any atom is 0.307 e. The van der Waals surface area contributed by atoms with Gasteiger partial charge in [-0.1, -0.05) is 30.3 Å². The predicted octanol–water partition coefficient (Wildman–Crippen LogP) is 2.61. The summed E-state index contributed by atoms with van der Waals surface area (Å²) in [6.07, 6.45) is -0.0140. The Morgan fingerprint density at radius 1 is 1.20 bits per heavy atom. The van der Waals surface area contributed by atoms with Gasteiger partial charge < -0.3 is 14.7 Å². The summed E-state index contributed by atoms with van der Waals surface area (Å²) in [6, 6.07) is 13.6. The van der Waals surface area contributed by atoms with E-state index in [1.54, 1.807) is 6.07 Å². The number of carboxylic acids is 1. The van der Waals surface area contributed by atoms with Crippen LogP contribution in [-0.4, -0.2) is 48.9 Å². The van der Waals surface area contributed by atoms with Crippen LogP contribution >= 0.6 is 0 Å². The minimum Gasteiger partial charge on any atom is -0.488 e. The lowest BCUT2D eigenvalue weighted by atomic mass is 9.96. The standard InChI is InChI=1S/C20H22N2O3/c1-22(2)10-9-21-20-16-6-4-3-5-15(16)13-25-18-8-7-14(11-17(18)20)12-19(23)24/h3-8,11H,9-10,12-13H2,1-2H3,(H,23,24)/b21-20-. The lowest BCUT2D eigenvalue weighted by Crippen LogP contribution is -2.17. The van der Waals surface area contributed by atoms with E-state index in [1.807, 2.05) is 50.5 Å². The summed E-state index contributed by atoms with van der Waals surface area (Å²) < 4.78 is 5.95. The van der Waals surface area contributed by atoms with E-state index in [-0.39, 0.29) is 6.42 Å². The summed E-state index contributed by atoms with van der Waals surface area (Å²) in [6.45, 7) is 1.99. The molecule has 130 valence electrons. The van der Waals surface area contributed by atoms with Gasteiger partial charge in [0, 0.05) is 17.7 Å². The number of ether oxygens (including phenoxy) is 1. The van der Waals surface area contributed by atoms with Crippen LogP contribution in [0, 0.1) is 0 Å². The Hall–Kier alpha value is -2.66. The summed E-state index contributed by atoms with van der Waals surface area (Å²) in [5.41, 5.74) is 4.61. The fourth-order valence-corrected chi connectivity index (χ4v) is 2.88. The fraction of sp³-hybridized carbons (Fsp3) is 0.300. The first-order chi connectivity index (χ1) is 12.0. The summed E-state index contributed by atoms with van der Waals surface area (Å²) in [5.74, 6) is -0.102. The zero-order valence-corrected chi connectivity index (χ0v) is 14.5. The molecule has 0 saturated heterocycles. The third kappa shape index (κ3) is 4.06. The number of nitrogens with zero attached hydrogens (tertiary/aromatic N) is 2. The minimum atomic E-state index is -0.846. The Labute approximate surface area is 147 Å². The minimum absolute atomic E-state index is 0.0140. The van der Waals surface area contributed by atoms with Gasteiger partial charge in [-0.05, 0) is 37.4 Å². The van der Waals surface area contributed by atoms with Crippen molar-refractivity contribution in [1.29, 1.82) is 0 Å². The van der Waals surface area contributed by atoms with Gasteiger partial charge in [0.05, 0.1) is 18.7 Å². The summed E-state index contributed by atoms with van der Waals surface area (Å²) in [7, 11) is 4.03. The van der Waals surface area contributed by atoms with Crippen molar-refractivity contribution in [3.05, 3.63) is 64.7 Å². The van der Waals surface area contributed by atoms with E-state index < -0.39 is 5.97 Å². The number of rotatable bonds is 5. The zero-order chi connectivity index (χ0) is 17.8. The molecule has 0 amide bonds. The van der Waals surface area contributed by atoms with Crippen LogP contribution in [0.3, 0.4) is 0 Å². The van der Waals surface area contributed by atoms with Gasteiger partial charge >= 0.3 is 5.97 Å². The van der Waals surface area contributed by atoms with Crippen molar-refractivity contribution in [2.45, 2.75) is 13.0 Å². The lowest BCUT2D eigenvalue weighted by Gasteiger charge is -2.12. The molecule has 1 aliphatic heterocycles. The van der Waals surface area contributed by atoms with Crippen molar-refractivity contribution in [3.63, 3.8) is 0 Å². The molecule has 5 nitrogen and oxygen atoms in total. The molecule has 2 aromatic rings. The van der Waals surface area contributed by atoms with Crippen LogP contribution in [-0.2, 0) is 17.8 Å².